The third-order valence-corrected chi connectivity index (χ3v) is 7.11. The molecule has 1 saturated heterocycles. The minimum atomic E-state index is -3.73. The molecule has 2 N–H and O–H groups in total. The van der Waals surface area contributed by atoms with Gasteiger partial charge in [-0.05, 0) is 61.7 Å². The largest absolute Gasteiger partial charge is 0.355 e. The molecular weight excluding hydrogens is 452 g/mol. The van der Waals surface area contributed by atoms with E-state index in [9.17, 15) is 18.0 Å². The van der Waals surface area contributed by atoms with Gasteiger partial charge in [-0.1, -0.05) is 24.3 Å². The molecule has 2 heterocycles. The molecule has 176 valence electrons. The first-order chi connectivity index (χ1) is 16.3. The summed E-state index contributed by atoms with van der Waals surface area (Å²) in [6, 6.07) is 16.1. The lowest BCUT2D eigenvalue weighted by atomic mass is 10.1. The molecular formula is C25H26N4O4S. The number of carbonyl (C=O) groups is 2. The van der Waals surface area contributed by atoms with Gasteiger partial charge in [0.15, 0.2) is 11.6 Å². The Kier molecular flexibility index (Phi) is 7.04. The van der Waals surface area contributed by atoms with Crippen LogP contribution < -0.4 is 14.9 Å². The Labute approximate surface area is 199 Å². The van der Waals surface area contributed by atoms with Crippen LogP contribution in [0.2, 0.25) is 0 Å². The van der Waals surface area contributed by atoms with E-state index in [4.69, 9.17) is 0 Å². The molecule has 0 aliphatic carbocycles. The van der Waals surface area contributed by atoms with Gasteiger partial charge in [-0.2, -0.15) is 0 Å². The van der Waals surface area contributed by atoms with Crippen LogP contribution in [0.3, 0.4) is 0 Å². The predicted molar refractivity (Wildman–Crippen MR) is 131 cm³/mol. The van der Waals surface area contributed by atoms with Crippen molar-refractivity contribution < 1.29 is 18.0 Å². The third-order valence-electron chi connectivity index (χ3n) is 5.69. The molecule has 8 nitrogen and oxygen atoms in total. The maximum absolute atomic E-state index is 12.8. The number of nitrogens with one attached hydrogen (secondary N) is 2. The molecule has 1 fully saturated rings. The SMILES string of the molecule is CC(=O)c1ccc(S(=O)(=O)NCc2ccc(C(=O)Nc3cccnc3N3CCCC3)cc2)cc1. The van der Waals surface area contributed by atoms with Crippen LogP contribution >= 0.6 is 0 Å². The third kappa shape index (κ3) is 5.49. The fourth-order valence-electron chi connectivity index (χ4n) is 3.77. The first kappa shape index (κ1) is 23.6. The van der Waals surface area contributed by atoms with E-state index in [1.54, 1.807) is 36.5 Å². The Hall–Kier alpha value is -3.56. The molecule has 0 saturated carbocycles. The molecule has 0 spiro atoms. The Morgan fingerprint density at radius 2 is 1.59 bits per heavy atom. The summed E-state index contributed by atoms with van der Waals surface area (Å²) in [5.41, 5.74) is 2.29. The van der Waals surface area contributed by atoms with Crippen molar-refractivity contribution in [3.63, 3.8) is 0 Å². The number of benzene rings is 2. The number of hydrogen-bond acceptors (Lipinski definition) is 6. The highest BCUT2D eigenvalue weighted by atomic mass is 32.2. The Morgan fingerprint density at radius 1 is 0.941 bits per heavy atom. The average molecular weight is 479 g/mol. The number of aromatic nitrogens is 1. The number of carbonyl (C=O) groups excluding carboxylic acids is 2. The number of sulfonamides is 1. The van der Waals surface area contributed by atoms with Crippen LogP contribution in [0.5, 0.6) is 0 Å². The highest BCUT2D eigenvalue weighted by Crippen LogP contribution is 2.26. The zero-order chi connectivity index (χ0) is 24.1. The molecule has 3 aromatic rings. The summed E-state index contributed by atoms with van der Waals surface area (Å²) < 4.78 is 27.6. The van der Waals surface area contributed by atoms with Crippen LogP contribution in [0, 0.1) is 0 Å². The van der Waals surface area contributed by atoms with Crippen LogP contribution in [-0.2, 0) is 16.6 Å². The second-order valence-corrected chi connectivity index (χ2v) is 9.89. The standard InChI is InChI=1S/C25H26N4O4S/c1-18(30)20-10-12-22(13-11-20)34(32,33)27-17-19-6-8-21(9-7-19)25(31)28-23-5-4-14-26-24(23)29-15-2-3-16-29/h4-14,27H,2-3,15-17H2,1H3,(H,28,31). The van der Waals surface area contributed by atoms with Crippen LogP contribution in [0.1, 0.15) is 46.0 Å². The molecule has 0 radical (unpaired) electrons. The average Bonchev–Trinajstić information content (AvgIpc) is 3.38. The molecule has 2 aromatic carbocycles. The van der Waals surface area contributed by atoms with E-state index >= 15 is 0 Å². The molecule has 1 aromatic heterocycles. The normalized spacial score (nSPS) is 13.6. The first-order valence-electron chi connectivity index (χ1n) is 11.0. The summed E-state index contributed by atoms with van der Waals surface area (Å²) in [4.78, 5) is 30.8. The number of hydrogen-bond donors (Lipinski definition) is 2. The van der Waals surface area contributed by atoms with Crippen LogP contribution in [0.25, 0.3) is 0 Å². The van der Waals surface area contributed by atoms with E-state index in [1.807, 2.05) is 6.07 Å². The van der Waals surface area contributed by atoms with Gasteiger partial charge in [0.2, 0.25) is 10.0 Å². The highest BCUT2D eigenvalue weighted by Gasteiger charge is 2.19. The zero-order valence-electron chi connectivity index (χ0n) is 18.8. The minimum absolute atomic E-state index is 0.0698. The molecule has 0 unspecified atom stereocenters. The minimum Gasteiger partial charge on any atom is -0.355 e. The van der Waals surface area contributed by atoms with Crippen LogP contribution in [0.15, 0.2) is 71.8 Å². The molecule has 34 heavy (non-hydrogen) atoms. The van der Waals surface area contributed by atoms with Gasteiger partial charge in [0.1, 0.15) is 0 Å². The van der Waals surface area contributed by atoms with Gasteiger partial charge in [0.25, 0.3) is 5.91 Å². The number of amides is 1. The number of pyridine rings is 1. The van der Waals surface area contributed by atoms with E-state index < -0.39 is 10.0 Å². The van der Waals surface area contributed by atoms with Crippen molar-refractivity contribution in [1.82, 2.24) is 9.71 Å². The zero-order valence-corrected chi connectivity index (χ0v) is 19.6. The van der Waals surface area contributed by atoms with Crippen molar-refractivity contribution >= 4 is 33.2 Å². The fraction of sp³-hybridized carbons (Fsp3) is 0.240. The van der Waals surface area contributed by atoms with Gasteiger partial charge in [0.05, 0.1) is 10.6 Å². The summed E-state index contributed by atoms with van der Waals surface area (Å²) in [5, 5.41) is 2.93. The fourth-order valence-corrected chi connectivity index (χ4v) is 4.79. The van der Waals surface area contributed by atoms with Crippen LogP contribution in [0.4, 0.5) is 11.5 Å². The molecule has 1 amide bonds. The lowest BCUT2D eigenvalue weighted by Gasteiger charge is -2.20. The molecule has 0 bridgehead atoms. The Morgan fingerprint density at radius 3 is 2.24 bits per heavy atom. The summed E-state index contributed by atoms with van der Waals surface area (Å²) >= 11 is 0. The van der Waals surface area contributed by atoms with Crippen molar-refractivity contribution in [3.05, 3.63) is 83.6 Å². The maximum atomic E-state index is 12.8. The number of ketones is 1. The number of nitrogens with zero attached hydrogens (tertiary/aromatic N) is 2. The smallest absolute Gasteiger partial charge is 0.255 e. The van der Waals surface area contributed by atoms with Crippen molar-refractivity contribution in [3.8, 4) is 0 Å². The molecule has 1 aliphatic heterocycles. The van der Waals surface area contributed by atoms with E-state index in [1.165, 1.54) is 31.2 Å². The Balaban J connectivity index is 1.38. The molecule has 9 heteroatoms. The van der Waals surface area contributed by atoms with E-state index in [-0.39, 0.29) is 23.1 Å². The van der Waals surface area contributed by atoms with Crippen molar-refractivity contribution in [2.45, 2.75) is 31.2 Å². The summed E-state index contributed by atoms with van der Waals surface area (Å²) in [5.74, 6) is 0.388. The molecule has 4 rings (SSSR count). The summed E-state index contributed by atoms with van der Waals surface area (Å²) in [7, 11) is -3.73. The van der Waals surface area contributed by atoms with Gasteiger partial charge in [-0.3, -0.25) is 9.59 Å². The summed E-state index contributed by atoms with van der Waals surface area (Å²) in [6.07, 6.45) is 3.94. The van der Waals surface area contributed by atoms with Gasteiger partial charge in [0, 0.05) is 37.0 Å². The second kappa shape index (κ2) is 10.1. The van der Waals surface area contributed by atoms with E-state index in [0.29, 0.717) is 22.4 Å². The van der Waals surface area contributed by atoms with Crippen molar-refractivity contribution in [1.29, 1.82) is 0 Å². The predicted octanol–water partition coefficient (Wildman–Crippen LogP) is 3.62. The van der Waals surface area contributed by atoms with Gasteiger partial charge in [-0.25, -0.2) is 18.1 Å². The Bertz CT molecular complexity index is 1280. The molecule has 1 aliphatic rings. The van der Waals surface area contributed by atoms with Crippen molar-refractivity contribution in [2.75, 3.05) is 23.3 Å². The quantitative estimate of drug-likeness (QED) is 0.479. The number of Topliss-reactive ketones (excluding diaryl/α,β-unsaturated/α-hetero) is 1. The second-order valence-electron chi connectivity index (χ2n) is 8.12. The molecule has 0 atom stereocenters. The van der Waals surface area contributed by atoms with E-state index in [2.05, 4.69) is 19.9 Å². The maximum Gasteiger partial charge on any atom is 0.255 e. The summed E-state index contributed by atoms with van der Waals surface area (Å²) in [6.45, 7) is 3.34. The van der Waals surface area contributed by atoms with Gasteiger partial charge < -0.3 is 10.2 Å². The highest BCUT2D eigenvalue weighted by molar-refractivity contribution is 7.89. The monoisotopic (exact) mass is 478 g/mol. The lowest BCUT2D eigenvalue weighted by molar-refractivity contribution is 0.101. The lowest BCUT2D eigenvalue weighted by Crippen LogP contribution is -2.23. The van der Waals surface area contributed by atoms with Crippen LogP contribution in [-0.4, -0.2) is 38.2 Å². The number of rotatable bonds is 8. The van der Waals surface area contributed by atoms with Gasteiger partial charge >= 0.3 is 0 Å². The van der Waals surface area contributed by atoms with Gasteiger partial charge in [-0.15, -0.1) is 0 Å². The topological polar surface area (TPSA) is 108 Å². The first-order valence-corrected chi connectivity index (χ1v) is 12.5. The number of anilines is 2. The van der Waals surface area contributed by atoms with Crippen molar-refractivity contribution in [2.24, 2.45) is 0 Å². The van der Waals surface area contributed by atoms with E-state index in [0.717, 1.165) is 31.7 Å².